The van der Waals surface area contributed by atoms with E-state index in [1.807, 2.05) is 31.2 Å². The van der Waals surface area contributed by atoms with Crippen molar-refractivity contribution in [1.82, 2.24) is 0 Å². The molecule has 0 aliphatic rings. The van der Waals surface area contributed by atoms with E-state index in [0.717, 1.165) is 11.4 Å². The van der Waals surface area contributed by atoms with E-state index in [-0.39, 0.29) is 5.96 Å². The molecule has 15 heavy (non-hydrogen) atoms. The van der Waals surface area contributed by atoms with Gasteiger partial charge in [0.1, 0.15) is 5.75 Å². The fourth-order valence-corrected chi connectivity index (χ4v) is 1.32. The number of hydrogen-bond acceptors (Lipinski definition) is 3. The fraction of sp³-hybridized carbons (Fsp3) is 0.300. The summed E-state index contributed by atoms with van der Waals surface area (Å²) in [5.74, 6) is 6.20. The first kappa shape index (κ1) is 11.2. The molecular weight excluding hydrogens is 192 g/mol. The molecule has 0 atom stereocenters. The largest absolute Gasteiger partial charge is 0.497 e. The second-order valence-electron chi connectivity index (χ2n) is 2.93. The third-order valence-corrected chi connectivity index (χ3v) is 2.09. The fourth-order valence-electron chi connectivity index (χ4n) is 1.32. The van der Waals surface area contributed by atoms with Crippen LogP contribution in [0.1, 0.15) is 6.92 Å². The minimum Gasteiger partial charge on any atom is -0.497 e. The first-order valence-electron chi connectivity index (χ1n) is 4.67. The van der Waals surface area contributed by atoms with Crippen LogP contribution in [0.5, 0.6) is 5.75 Å². The highest BCUT2D eigenvalue weighted by Gasteiger charge is 2.08. The van der Waals surface area contributed by atoms with E-state index in [9.17, 15) is 0 Å². The summed E-state index contributed by atoms with van der Waals surface area (Å²) in [6, 6.07) is 7.55. The lowest BCUT2D eigenvalue weighted by atomic mass is 10.3. The number of hydrazone groups is 1. The van der Waals surface area contributed by atoms with Gasteiger partial charge in [0.15, 0.2) is 0 Å². The summed E-state index contributed by atoms with van der Waals surface area (Å²) in [4.78, 5) is 1.79. The van der Waals surface area contributed by atoms with Crippen LogP contribution in [0.4, 0.5) is 5.69 Å². The van der Waals surface area contributed by atoms with Crippen LogP contribution >= 0.6 is 0 Å². The van der Waals surface area contributed by atoms with E-state index >= 15 is 0 Å². The minimum absolute atomic E-state index is 0.283. The third-order valence-electron chi connectivity index (χ3n) is 2.09. The molecule has 0 aliphatic heterocycles. The maximum atomic E-state index is 5.66. The number of nitrogens with two attached hydrogens (primary N) is 2. The number of guanidine groups is 1. The molecule has 82 valence electrons. The van der Waals surface area contributed by atoms with Crippen molar-refractivity contribution in [3.05, 3.63) is 24.3 Å². The average molecular weight is 208 g/mol. The van der Waals surface area contributed by atoms with E-state index in [2.05, 4.69) is 5.10 Å². The molecule has 0 amide bonds. The number of ether oxygens (including phenoxy) is 1. The quantitative estimate of drug-likeness (QED) is 0.332. The first-order chi connectivity index (χ1) is 7.22. The van der Waals surface area contributed by atoms with Gasteiger partial charge in [-0.15, -0.1) is 5.10 Å². The minimum atomic E-state index is 0.283. The van der Waals surface area contributed by atoms with Gasteiger partial charge in [-0.25, -0.2) is 0 Å². The van der Waals surface area contributed by atoms with Crippen LogP contribution in [-0.4, -0.2) is 19.6 Å². The van der Waals surface area contributed by atoms with Crippen molar-refractivity contribution < 1.29 is 4.74 Å². The van der Waals surface area contributed by atoms with Gasteiger partial charge in [0.25, 0.3) is 0 Å². The molecule has 1 rings (SSSR count). The van der Waals surface area contributed by atoms with E-state index in [4.69, 9.17) is 16.3 Å². The Morgan fingerprint density at radius 2 is 2.27 bits per heavy atom. The van der Waals surface area contributed by atoms with Gasteiger partial charge in [-0.3, -0.25) is 0 Å². The molecule has 1 aromatic carbocycles. The molecule has 0 saturated heterocycles. The molecule has 0 fully saturated rings. The summed E-state index contributed by atoms with van der Waals surface area (Å²) < 4.78 is 5.12. The first-order valence-corrected chi connectivity index (χ1v) is 4.67. The summed E-state index contributed by atoms with van der Waals surface area (Å²) in [7, 11) is 1.62. The number of benzene rings is 1. The van der Waals surface area contributed by atoms with Gasteiger partial charge in [0.05, 0.1) is 7.11 Å². The van der Waals surface area contributed by atoms with E-state index in [1.54, 1.807) is 12.0 Å². The van der Waals surface area contributed by atoms with Gasteiger partial charge in [0.2, 0.25) is 5.96 Å². The molecule has 0 spiro atoms. The van der Waals surface area contributed by atoms with Crippen molar-refractivity contribution in [2.24, 2.45) is 16.7 Å². The zero-order valence-electron chi connectivity index (χ0n) is 8.97. The Morgan fingerprint density at radius 3 is 2.80 bits per heavy atom. The highest BCUT2D eigenvalue weighted by molar-refractivity contribution is 5.94. The van der Waals surface area contributed by atoms with Crippen molar-refractivity contribution >= 4 is 11.6 Å². The lowest BCUT2D eigenvalue weighted by Crippen LogP contribution is -2.38. The highest BCUT2D eigenvalue weighted by atomic mass is 16.5. The van der Waals surface area contributed by atoms with Crippen LogP contribution in [-0.2, 0) is 0 Å². The second-order valence-corrected chi connectivity index (χ2v) is 2.93. The Morgan fingerprint density at radius 1 is 1.53 bits per heavy atom. The van der Waals surface area contributed by atoms with Gasteiger partial charge in [-0.1, -0.05) is 6.07 Å². The van der Waals surface area contributed by atoms with Crippen molar-refractivity contribution in [3.63, 3.8) is 0 Å². The van der Waals surface area contributed by atoms with Crippen LogP contribution in [0, 0.1) is 0 Å². The van der Waals surface area contributed by atoms with Crippen LogP contribution in [0.3, 0.4) is 0 Å². The second kappa shape index (κ2) is 5.09. The van der Waals surface area contributed by atoms with Gasteiger partial charge in [0, 0.05) is 18.3 Å². The maximum absolute atomic E-state index is 5.66. The number of nitrogens with zero attached hydrogens (tertiary/aromatic N) is 2. The van der Waals surface area contributed by atoms with E-state index in [1.165, 1.54) is 0 Å². The summed E-state index contributed by atoms with van der Waals surface area (Å²) in [6.07, 6.45) is 0. The lowest BCUT2D eigenvalue weighted by molar-refractivity contribution is 0.415. The molecule has 4 N–H and O–H groups in total. The van der Waals surface area contributed by atoms with Crippen LogP contribution in [0.25, 0.3) is 0 Å². The SMILES string of the molecule is CCN(/C(N)=N/N)c1cccc(OC)c1. The Bertz CT molecular complexity index is 351. The molecule has 5 nitrogen and oxygen atoms in total. The zero-order valence-corrected chi connectivity index (χ0v) is 8.97. The van der Waals surface area contributed by atoms with Crippen LogP contribution in [0.2, 0.25) is 0 Å². The summed E-state index contributed by atoms with van der Waals surface area (Å²) in [6.45, 7) is 2.66. The van der Waals surface area contributed by atoms with Gasteiger partial charge < -0.3 is 21.2 Å². The number of hydrogen-bond donors (Lipinski definition) is 2. The summed E-state index contributed by atoms with van der Waals surface area (Å²) in [5.41, 5.74) is 6.57. The average Bonchev–Trinajstić information content (AvgIpc) is 2.30. The molecule has 0 aromatic heterocycles. The lowest BCUT2D eigenvalue weighted by Gasteiger charge is -2.21. The van der Waals surface area contributed by atoms with Crippen molar-refractivity contribution in [1.29, 1.82) is 0 Å². The van der Waals surface area contributed by atoms with Gasteiger partial charge in [-0.2, -0.15) is 0 Å². The molecular formula is C10H16N4O. The third kappa shape index (κ3) is 2.52. The summed E-state index contributed by atoms with van der Waals surface area (Å²) in [5, 5.41) is 3.47. The zero-order chi connectivity index (χ0) is 11.3. The van der Waals surface area contributed by atoms with Gasteiger partial charge in [-0.05, 0) is 19.1 Å². The summed E-state index contributed by atoms with van der Waals surface area (Å²) >= 11 is 0. The van der Waals surface area contributed by atoms with Crippen LogP contribution in [0.15, 0.2) is 29.4 Å². The van der Waals surface area contributed by atoms with Gasteiger partial charge >= 0.3 is 0 Å². The van der Waals surface area contributed by atoms with E-state index < -0.39 is 0 Å². The number of anilines is 1. The molecule has 0 radical (unpaired) electrons. The number of rotatable bonds is 3. The molecule has 0 heterocycles. The maximum Gasteiger partial charge on any atom is 0.217 e. The Labute approximate surface area is 89.3 Å². The standard InChI is InChI=1S/C10H16N4O/c1-3-14(10(11)13-12)8-5-4-6-9(7-8)15-2/h4-7H,3,12H2,1-2H3,(H2,11,13). The van der Waals surface area contributed by atoms with E-state index in [0.29, 0.717) is 6.54 Å². The normalized spacial score (nSPS) is 11.2. The van der Waals surface area contributed by atoms with Crippen LogP contribution < -0.4 is 21.2 Å². The molecule has 0 saturated carbocycles. The molecule has 5 heteroatoms. The Balaban J connectivity index is 3.01. The molecule has 0 bridgehead atoms. The van der Waals surface area contributed by atoms with Crippen molar-refractivity contribution in [3.8, 4) is 5.75 Å². The van der Waals surface area contributed by atoms with Crippen molar-refractivity contribution in [2.45, 2.75) is 6.92 Å². The van der Waals surface area contributed by atoms with Crippen molar-refractivity contribution in [2.75, 3.05) is 18.6 Å². The highest BCUT2D eigenvalue weighted by Crippen LogP contribution is 2.20. The number of methoxy groups -OCH3 is 1. The Kier molecular flexibility index (Phi) is 3.79. The predicted octanol–water partition coefficient (Wildman–Crippen LogP) is 0.710. The predicted molar refractivity (Wildman–Crippen MR) is 61.8 cm³/mol. The Hall–Kier alpha value is -1.91. The molecule has 1 aromatic rings. The molecule has 0 aliphatic carbocycles. The smallest absolute Gasteiger partial charge is 0.217 e. The molecule has 0 unspecified atom stereocenters. The topological polar surface area (TPSA) is 76.9 Å². The monoisotopic (exact) mass is 208 g/mol.